The lowest BCUT2D eigenvalue weighted by Gasteiger charge is -2.25. The molecule has 2 atom stereocenters. The lowest BCUT2D eigenvalue weighted by Crippen LogP contribution is -2.20. The molecule has 3 aliphatic rings. The first kappa shape index (κ1) is 14.1. The van der Waals surface area contributed by atoms with Crippen LogP contribution in [-0.4, -0.2) is 23.9 Å². The minimum atomic E-state index is 0.469. The summed E-state index contributed by atoms with van der Waals surface area (Å²) in [6, 6.07) is 12.9. The maximum atomic E-state index is 10.1. The van der Waals surface area contributed by atoms with Crippen molar-refractivity contribution in [2.24, 2.45) is 10.9 Å². The Hall–Kier alpha value is -2.29. The van der Waals surface area contributed by atoms with Gasteiger partial charge in [0.15, 0.2) is 0 Å². The van der Waals surface area contributed by atoms with Gasteiger partial charge in [0.25, 0.3) is 0 Å². The van der Waals surface area contributed by atoms with Crippen LogP contribution in [0, 0.1) is 5.92 Å². The van der Waals surface area contributed by atoms with Crippen molar-refractivity contribution in [3.05, 3.63) is 58.7 Å². The Morgan fingerprint density at radius 1 is 1.17 bits per heavy atom. The van der Waals surface area contributed by atoms with Gasteiger partial charge in [0.05, 0.1) is 6.54 Å². The van der Waals surface area contributed by atoms with E-state index in [4.69, 9.17) is 0 Å². The zero-order valence-corrected chi connectivity index (χ0v) is 13.8. The Kier molecular flexibility index (Phi) is 3.15. The van der Waals surface area contributed by atoms with Gasteiger partial charge in [0, 0.05) is 23.9 Å². The predicted octanol–water partition coefficient (Wildman–Crippen LogP) is 3.70. The zero-order chi connectivity index (χ0) is 16.1. The van der Waals surface area contributed by atoms with Crippen LogP contribution in [-0.2, 0) is 19.3 Å². The second-order valence-corrected chi connectivity index (χ2v) is 7.39. The number of benzene rings is 2. The molecule has 2 unspecified atom stereocenters. The van der Waals surface area contributed by atoms with E-state index in [-0.39, 0.29) is 0 Å². The number of nitrogens with zero attached hydrogens (tertiary/aromatic N) is 1. The Labute approximate surface area is 142 Å². The van der Waals surface area contributed by atoms with Gasteiger partial charge in [-0.05, 0) is 66.0 Å². The fourth-order valence-electron chi connectivity index (χ4n) is 4.50. The van der Waals surface area contributed by atoms with Crippen LogP contribution in [0.5, 0.6) is 5.75 Å². The van der Waals surface area contributed by atoms with E-state index >= 15 is 0 Å². The molecule has 2 N–H and O–H groups in total. The maximum Gasteiger partial charge on any atom is 0.119 e. The van der Waals surface area contributed by atoms with Crippen LogP contribution in [0.3, 0.4) is 0 Å². The Morgan fingerprint density at radius 3 is 2.92 bits per heavy atom. The third-order valence-corrected chi connectivity index (χ3v) is 5.76. The van der Waals surface area contributed by atoms with Crippen LogP contribution in [0.1, 0.15) is 34.6 Å². The molecule has 1 aliphatic carbocycles. The smallest absolute Gasteiger partial charge is 0.119 e. The van der Waals surface area contributed by atoms with Crippen molar-refractivity contribution in [2.45, 2.75) is 31.6 Å². The van der Waals surface area contributed by atoms with Crippen molar-refractivity contribution in [1.82, 2.24) is 0 Å². The van der Waals surface area contributed by atoms with E-state index in [0.717, 1.165) is 44.3 Å². The van der Waals surface area contributed by atoms with E-state index < -0.39 is 0 Å². The van der Waals surface area contributed by atoms with Gasteiger partial charge in [-0.2, -0.15) is 0 Å². The number of fused-ring (bicyclic) bond motifs is 2. The monoisotopic (exact) mass is 318 g/mol. The molecule has 0 aromatic heterocycles. The van der Waals surface area contributed by atoms with Gasteiger partial charge in [-0.25, -0.2) is 0 Å². The molecular weight excluding hydrogens is 296 g/mol. The average Bonchev–Trinajstić information content (AvgIpc) is 3.35. The van der Waals surface area contributed by atoms with Gasteiger partial charge in [-0.1, -0.05) is 24.3 Å². The molecule has 0 amide bonds. The van der Waals surface area contributed by atoms with Crippen molar-refractivity contribution >= 4 is 11.4 Å². The molecule has 0 radical (unpaired) electrons. The van der Waals surface area contributed by atoms with Gasteiger partial charge in [0.1, 0.15) is 5.75 Å². The topological polar surface area (TPSA) is 44.6 Å². The summed E-state index contributed by atoms with van der Waals surface area (Å²) in [7, 11) is 0. The fraction of sp³-hybridized carbons (Fsp3) is 0.381. The quantitative estimate of drug-likeness (QED) is 0.906. The highest BCUT2D eigenvalue weighted by Crippen LogP contribution is 2.38. The number of anilines is 1. The lowest BCUT2D eigenvalue weighted by atomic mass is 9.86. The number of phenolic OH excluding ortho intramolecular Hbond substituents is 1. The Morgan fingerprint density at radius 2 is 2.08 bits per heavy atom. The van der Waals surface area contributed by atoms with Crippen LogP contribution in [0.25, 0.3) is 0 Å². The summed E-state index contributed by atoms with van der Waals surface area (Å²) in [6.45, 7) is 2.01. The molecule has 2 heterocycles. The highest BCUT2D eigenvalue weighted by molar-refractivity contribution is 6.03. The third-order valence-electron chi connectivity index (χ3n) is 5.76. The standard InChI is InChI=1S/C21H22N2O/c24-21-3-1-2-15-9-14(11-17(15)21)8-13-4-5-19-18(10-13)16(6-7-22-19)20-12-23-20/h1-5,10,14,16,22,24H,6-9,11-12H2. The van der Waals surface area contributed by atoms with Gasteiger partial charge in [-0.3, -0.25) is 4.99 Å². The van der Waals surface area contributed by atoms with E-state index in [1.807, 2.05) is 12.1 Å². The normalized spacial score (nSPS) is 23.9. The lowest BCUT2D eigenvalue weighted by molar-refractivity contribution is 0.464. The highest BCUT2D eigenvalue weighted by atomic mass is 16.3. The zero-order valence-electron chi connectivity index (χ0n) is 13.8. The van der Waals surface area contributed by atoms with Crippen molar-refractivity contribution < 1.29 is 5.11 Å². The summed E-state index contributed by atoms with van der Waals surface area (Å²) in [5.41, 5.74) is 8.01. The first-order chi connectivity index (χ1) is 11.8. The molecule has 3 nitrogen and oxygen atoms in total. The number of hydrogen-bond acceptors (Lipinski definition) is 3. The third kappa shape index (κ3) is 2.39. The van der Waals surface area contributed by atoms with E-state index in [0.29, 0.717) is 17.6 Å². The minimum Gasteiger partial charge on any atom is -0.508 e. The van der Waals surface area contributed by atoms with E-state index in [1.165, 1.54) is 28.1 Å². The largest absolute Gasteiger partial charge is 0.508 e. The van der Waals surface area contributed by atoms with E-state index in [2.05, 4.69) is 34.6 Å². The summed E-state index contributed by atoms with van der Waals surface area (Å²) in [4.78, 5) is 4.46. The van der Waals surface area contributed by atoms with Crippen molar-refractivity contribution in [3.63, 3.8) is 0 Å². The van der Waals surface area contributed by atoms with Crippen molar-refractivity contribution in [3.8, 4) is 5.75 Å². The Balaban J connectivity index is 1.38. The number of aromatic hydroxyl groups is 1. The van der Waals surface area contributed by atoms with Crippen LogP contribution < -0.4 is 5.32 Å². The molecule has 2 aromatic rings. The molecule has 0 spiro atoms. The number of hydrogen-bond donors (Lipinski definition) is 2. The summed E-state index contributed by atoms with van der Waals surface area (Å²) >= 11 is 0. The molecule has 0 bridgehead atoms. The Bertz CT molecular complexity index is 840. The molecule has 0 saturated carbocycles. The maximum absolute atomic E-state index is 10.1. The van der Waals surface area contributed by atoms with Crippen LogP contribution in [0.4, 0.5) is 5.69 Å². The molecule has 5 rings (SSSR count). The number of phenols is 1. The summed E-state index contributed by atoms with van der Waals surface area (Å²) in [6.07, 6.45) is 4.32. The van der Waals surface area contributed by atoms with Crippen LogP contribution in [0.15, 0.2) is 41.4 Å². The van der Waals surface area contributed by atoms with Gasteiger partial charge >= 0.3 is 0 Å². The van der Waals surface area contributed by atoms with E-state index in [1.54, 1.807) is 0 Å². The number of nitrogens with one attached hydrogen (secondary N) is 1. The van der Waals surface area contributed by atoms with Crippen molar-refractivity contribution in [1.29, 1.82) is 0 Å². The van der Waals surface area contributed by atoms with Crippen molar-refractivity contribution in [2.75, 3.05) is 18.4 Å². The molecule has 24 heavy (non-hydrogen) atoms. The molecule has 122 valence electrons. The second kappa shape index (κ2) is 5.37. The first-order valence-corrected chi connectivity index (χ1v) is 8.97. The predicted molar refractivity (Wildman–Crippen MR) is 97.3 cm³/mol. The number of aliphatic imine (C=N–C) groups is 1. The molecule has 0 fully saturated rings. The van der Waals surface area contributed by atoms with Gasteiger partial charge in [0.2, 0.25) is 0 Å². The SMILES string of the molecule is Oc1cccc2c1CC(Cc1ccc3c(c1)C(C1=NC1)CCN3)C2. The average molecular weight is 318 g/mol. The van der Waals surface area contributed by atoms with E-state index in [9.17, 15) is 5.11 Å². The number of rotatable bonds is 3. The molecule has 2 aliphatic heterocycles. The summed E-state index contributed by atoms with van der Waals surface area (Å²) in [5, 5.41) is 13.6. The first-order valence-electron chi connectivity index (χ1n) is 8.97. The summed E-state index contributed by atoms with van der Waals surface area (Å²) in [5.74, 6) is 1.60. The van der Waals surface area contributed by atoms with Crippen LogP contribution >= 0.6 is 0 Å². The molecule has 2 aromatic carbocycles. The van der Waals surface area contributed by atoms with Crippen LogP contribution in [0.2, 0.25) is 0 Å². The fourth-order valence-corrected chi connectivity index (χ4v) is 4.50. The second-order valence-electron chi connectivity index (χ2n) is 7.39. The van der Waals surface area contributed by atoms with Gasteiger partial charge in [-0.15, -0.1) is 0 Å². The van der Waals surface area contributed by atoms with Gasteiger partial charge < -0.3 is 10.4 Å². The highest BCUT2D eigenvalue weighted by Gasteiger charge is 2.30. The minimum absolute atomic E-state index is 0.469. The molecule has 3 heteroatoms. The molecular formula is C21H22N2O. The molecule has 0 saturated heterocycles. The summed E-state index contributed by atoms with van der Waals surface area (Å²) < 4.78 is 0.